The minimum absolute atomic E-state index is 0.138. The highest BCUT2D eigenvalue weighted by Gasteiger charge is 2.35. The fourth-order valence-corrected chi connectivity index (χ4v) is 4.14. The molecule has 0 radical (unpaired) electrons. The van der Waals surface area contributed by atoms with Gasteiger partial charge < -0.3 is 15.2 Å². The Morgan fingerprint density at radius 3 is 2.65 bits per heavy atom. The van der Waals surface area contributed by atoms with Crippen molar-refractivity contribution in [1.82, 2.24) is 5.32 Å². The third kappa shape index (κ3) is 4.12. The van der Waals surface area contributed by atoms with Gasteiger partial charge in [0, 0.05) is 11.3 Å². The van der Waals surface area contributed by atoms with Gasteiger partial charge in [0.2, 0.25) is 5.91 Å². The van der Waals surface area contributed by atoms with E-state index < -0.39 is 18.2 Å². The summed E-state index contributed by atoms with van der Waals surface area (Å²) in [4.78, 5) is 22.9. The van der Waals surface area contributed by atoms with E-state index in [1.165, 1.54) is 6.42 Å². The van der Waals surface area contributed by atoms with E-state index in [2.05, 4.69) is 12.2 Å². The standard InChI is InChI=1S/C14H23NO4S/c1-2-20-10-5-3-4-9(8-10)15-13(16)11-6-7-12(19-11)14(17)18/h9-12H,2-8H2,1H3,(H,15,16)(H,17,18)/t9?,10?,11-,12+/m0/s1. The van der Waals surface area contributed by atoms with Crippen molar-refractivity contribution in [3.63, 3.8) is 0 Å². The van der Waals surface area contributed by atoms with E-state index in [-0.39, 0.29) is 11.9 Å². The first-order chi connectivity index (χ1) is 9.60. The van der Waals surface area contributed by atoms with Crippen molar-refractivity contribution in [1.29, 1.82) is 0 Å². The van der Waals surface area contributed by atoms with Crippen LogP contribution in [0.15, 0.2) is 0 Å². The van der Waals surface area contributed by atoms with E-state index in [0.29, 0.717) is 18.1 Å². The van der Waals surface area contributed by atoms with Crippen molar-refractivity contribution in [2.75, 3.05) is 5.75 Å². The Bertz CT molecular complexity index is 361. The number of carboxylic acid groups (broad SMARTS) is 1. The lowest BCUT2D eigenvalue weighted by Gasteiger charge is -2.29. The summed E-state index contributed by atoms with van der Waals surface area (Å²) in [5.74, 6) is -0.00422. The quantitative estimate of drug-likeness (QED) is 0.810. The zero-order chi connectivity index (χ0) is 14.5. The third-order valence-corrected chi connectivity index (χ3v) is 5.20. The zero-order valence-electron chi connectivity index (χ0n) is 11.8. The molecule has 5 nitrogen and oxygen atoms in total. The zero-order valence-corrected chi connectivity index (χ0v) is 12.7. The molecular weight excluding hydrogens is 278 g/mol. The molecule has 0 aromatic heterocycles. The molecule has 2 fully saturated rings. The van der Waals surface area contributed by atoms with Crippen LogP contribution in [0.5, 0.6) is 0 Å². The van der Waals surface area contributed by atoms with E-state index in [4.69, 9.17) is 9.84 Å². The Morgan fingerprint density at radius 2 is 2.00 bits per heavy atom. The van der Waals surface area contributed by atoms with Gasteiger partial charge in [0.15, 0.2) is 6.10 Å². The van der Waals surface area contributed by atoms with Crippen LogP contribution in [0.25, 0.3) is 0 Å². The first-order valence-electron chi connectivity index (χ1n) is 7.40. The van der Waals surface area contributed by atoms with Gasteiger partial charge in [-0.15, -0.1) is 0 Å². The first-order valence-corrected chi connectivity index (χ1v) is 8.45. The highest BCUT2D eigenvalue weighted by atomic mass is 32.2. The summed E-state index contributed by atoms with van der Waals surface area (Å²) >= 11 is 1.96. The van der Waals surface area contributed by atoms with Gasteiger partial charge in [-0.05, 0) is 37.9 Å². The molecular formula is C14H23NO4S. The lowest BCUT2D eigenvalue weighted by Crippen LogP contribution is -2.44. The molecule has 1 aliphatic carbocycles. The Morgan fingerprint density at radius 1 is 1.25 bits per heavy atom. The summed E-state index contributed by atoms with van der Waals surface area (Å²) < 4.78 is 5.28. The normalized spacial score (nSPS) is 33.9. The van der Waals surface area contributed by atoms with Crippen molar-refractivity contribution in [2.24, 2.45) is 0 Å². The molecule has 0 aromatic carbocycles. The topological polar surface area (TPSA) is 75.6 Å². The minimum Gasteiger partial charge on any atom is -0.479 e. The molecule has 1 aliphatic heterocycles. The van der Waals surface area contributed by atoms with Crippen LogP contribution in [-0.4, -0.2) is 46.2 Å². The van der Waals surface area contributed by atoms with Crippen LogP contribution in [0.3, 0.4) is 0 Å². The average Bonchev–Trinajstić information content (AvgIpc) is 2.89. The maximum atomic E-state index is 12.1. The van der Waals surface area contributed by atoms with Gasteiger partial charge in [-0.25, -0.2) is 4.79 Å². The Labute approximate surface area is 123 Å². The van der Waals surface area contributed by atoms with Crippen LogP contribution in [-0.2, 0) is 14.3 Å². The van der Waals surface area contributed by atoms with Crippen molar-refractivity contribution in [2.45, 2.75) is 68.9 Å². The van der Waals surface area contributed by atoms with E-state index in [9.17, 15) is 9.59 Å². The molecule has 1 saturated carbocycles. The molecule has 2 unspecified atom stereocenters. The molecule has 2 rings (SSSR count). The maximum Gasteiger partial charge on any atom is 0.332 e. The average molecular weight is 301 g/mol. The third-order valence-electron chi connectivity index (χ3n) is 3.96. The highest BCUT2D eigenvalue weighted by Crippen LogP contribution is 2.29. The van der Waals surface area contributed by atoms with E-state index in [0.717, 1.165) is 25.0 Å². The second-order valence-electron chi connectivity index (χ2n) is 5.48. The number of carbonyl (C=O) groups excluding carboxylic acids is 1. The van der Waals surface area contributed by atoms with Gasteiger partial charge in [-0.2, -0.15) is 11.8 Å². The van der Waals surface area contributed by atoms with E-state index >= 15 is 0 Å². The molecule has 4 atom stereocenters. The molecule has 1 heterocycles. The van der Waals surface area contributed by atoms with E-state index in [1.807, 2.05) is 11.8 Å². The fourth-order valence-electron chi connectivity index (χ4n) is 2.97. The second kappa shape index (κ2) is 7.31. The Hall–Kier alpha value is -0.750. The maximum absolute atomic E-state index is 12.1. The number of nitrogens with one attached hydrogen (secondary N) is 1. The SMILES string of the molecule is CCSC1CCCC(NC(=O)[C@@H]2CC[C@H](C(=O)O)O2)C1. The molecule has 0 bridgehead atoms. The van der Waals surface area contributed by atoms with Crippen LogP contribution in [0.4, 0.5) is 0 Å². The van der Waals surface area contributed by atoms with Gasteiger partial charge in [-0.1, -0.05) is 13.3 Å². The molecule has 20 heavy (non-hydrogen) atoms. The molecule has 0 spiro atoms. The number of hydrogen-bond acceptors (Lipinski definition) is 4. The number of carboxylic acids is 1. The summed E-state index contributed by atoms with van der Waals surface area (Å²) in [7, 11) is 0. The van der Waals surface area contributed by atoms with Crippen LogP contribution < -0.4 is 5.32 Å². The van der Waals surface area contributed by atoms with Gasteiger partial charge in [0.1, 0.15) is 6.10 Å². The van der Waals surface area contributed by atoms with Gasteiger partial charge in [0.25, 0.3) is 0 Å². The van der Waals surface area contributed by atoms with Crippen LogP contribution in [0, 0.1) is 0 Å². The molecule has 1 amide bonds. The smallest absolute Gasteiger partial charge is 0.332 e. The van der Waals surface area contributed by atoms with E-state index in [1.54, 1.807) is 0 Å². The number of amides is 1. The van der Waals surface area contributed by atoms with Crippen LogP contribution >= 0.6 is 11.8 Å². The van der Waals surface area contributed by atoms with Crippen LogP contribution in [0.1, 0.15) is 45.4 Å². The lowest BCUT2D eigenvalue weighted by molar-refractivity contribution is -0.151. The summed E-state index contributed by atoms with van der Waals surface area (Å²) in [5.41, 5.74) is 0. The molecule has 6 heteroatoms. The minimum atomic E-state index is -0.975. The number of hydrogen-bond donors (Lipinski definition) is 2. The predicted octanol–water partition coefficient (Wildman–Crippen LogP) is 1.80. The van der Waals surface area contributed by atoms with Crippen LogP contribution in [0.2, 0.25) is 0 Å². The second-order valence-corrected chi connectivity index (χ2v) is 7.06. The monoisotopic (exact) mass is 301 g/mol. The number of carbonyl (C=O) groups is 2. The summed E-state index contributed by atoms with van der Waals surface area (Å²) in [5, 5.41) is 12.5. The Kier molecular flexibility index (Phi) is 5.72. The predicted molar refractivity (Wildman–Crippen MR) is 77.8 cm³/mol. The molecule has 2 aliphatic rings. The van der Waals surface area contributed by atoms with Crippen molar-refractivity contribution < 1.29 is 19.4 Å². The number of thioether (sulfide) groups is 1. The highest BCUT2D eigenvalue weighted by molar-refractivity contribution is 7.99. The number of rotatable bonds is 5. The number of ether oxygens (including phenoxy) is 1. The molecule has 2 N–H and O–H groups in total. The van der Waals surface area contributed by atoms with Gasteiger partial charge in [-0.3, -0.25) is 4.79 Å². The molecule has 1 saturated heterocycles. The van der Waals surface area contributed by atoms with Crippen molar-refractivity contribution in [3.8, 4) is 0 Å². The molecule has 0 aromatic rings. The number of aliphatic carboxylic acids is 1. The van der Waals surface area contributed by atoms with Gasteiger partial charge >= 0.3 is 5.97 Å². The lowest BCUT2D eigenvalue weighted by atomic mass is 9.94. The molecule has 114 valence electrons. The summed E-state index contributed by atoms with van der Waals surface area (Å²) in [6.45, 7) is 2.16. The van der Waals surface area contributed by atoms with Gasteiger partial charge in [0.05, 0.1) is 0 Å². The fraction of sp³-hybridized carbons (Fsp3) is 0.857. The summed E-state index contributed by atoms with van der Waals surface area (Å²) in [6, 6.07) is 0.216. The summed E-state index contributed by atoms with van der Waals surface area (Å²) in [6.07, 6.45) is 3.92. The first kappa shape index (κ1) is 15.6. The largest absolute Gasteiger partial charge is 0.479 e. The van der Waals surface area contributed by atoms with Crippen molar-refractivity contribution >= 4 is 23.6 Å². The Balaban J connectivity index is 1.78. The van der Waals surface area contributed by atoms with Crippen molar-refractivity contribution in [3.05, 3.63) is 0 Å².